The van der Waals surface area contributed by atoms with Crippen molar-refractivity contribution in [3.63, 3.8) is 0 Å². The number of hydrogen-bond acceptors (Lipinski definition) is 3. The van der Waals surface area contributed by atoms with Gasteiger partial charge >= 0.3 is 5.97 Å². The van der Waals surface area contributed by atoms with Crippen LogP contribution in [-0.4, -0.2) is 24.0 Å². The topological polar surface area (TPSA) is 63.6 Å². The predicted molar refractivity (Wildman–Crippen MR) is 62.5 cm³/mol. The fourth-order valence-corrected chi connectivity index (χ4v) is 1.51. The third-order valence-electron chi connectivity index (χ3n) is 2.36. The van der Waals surface area contributed by atoms with E-state index in [0.29, 0.717) is 13.2 Å². The van der Waals surface area contributed by atoms with Crippen molar-refractivity contribution in [3.05, 3.63) is 35.9 Å². The van der Waals surface area contributed by atoms with Crippen molar-refractivity contribution in [2.45, 2.75) is 19.4 Å². The van der Waals surface area contributed by atoms with Gasteiger partial charge in [0, 0.05) is 6.42 Å². The smallest absolute Gasteiger partial charge is 0.303 e. The molecule has 0 spiro atoms. The minimum atomic E-state index is -0.903. The van der Waals surface area contributed by atoms with E-state index in [4.69, 9.17) is 9.84 Å². The number of carboxylic acid groups (broad SMARTS) is 1. The van der Waals surface area contributed by atoms with Crippen LogP contribution in [0.4, 0.5) is 0 Å². The highest BCUT2D eigenvalue weighted by Crippen LogP contribution is 2.09. The maximum Gasteiger partial charge on any atom is 0.303 e. The summed E-state index contributed by atoms with van der Waals surface area (Å²) in [5.74, 6) is -1.14. The highest BCUT2D eigenvalue weighted by molar-refractivity contribution is 5.67. The molecule has 92 valence electrons. The van der Waals surface area contributed by atoms with Crippen LogP contribution in [0.1, 0.15) is 18.4 Å². The molecule has 0 aliphatic carbocycles. The largest absolute Gasteiger partial charge is 0.481 e. The van der Waals surface area contributed by atoms with Gasteiger partial charge in [0.15, 0.2) is 0 Å². The molecular weight excluding hydrogens is 220 g/mol. The lowest BCUT2D eigenvalue weighted by Gasteiger charge is -2.12. The Morgan fingerprint density at radius 2 is 2.06 bits per heavy atom. The first kappa shape index (κ1) is 13.4. The molecule has 0 saturated heterocycles. The first-order valence-corrected chi connectivity index (χ1v) is 5.49. The van der Waals surface area contributed by atoms with Crippen molar-refractivity contribution >= 4 is 12.3 Å². The first-order valence-electron chi connectivity index (χ1n) is 5.49. The number of carboxylic acids is 1. The minimum absolute atomic E-state index is 0.0342. The van der Waals surface area contributed by atoms with Crippen molar-refractivity contribution in [2.24, 2.45) is 5.92 Å². The second-order valence-electron chi connectivity index (χ2n) is 3.87. The Labute approximate surface area is 100 Å². The Morgan fingerprint density at radius 3 is 2.65 bits per heavy atom. The Balaban J connectivity index is 2.31. The fourth-order valence-electron chi connectivity index (χ4n) is 1.51. The molecule has 0 amide bonds. The van der Waals surface area contributed by atoms with Crippen molar-refractivity contribution < 1.29 is 19.4 Å². The molecular formula is C13H16O4. The molecule has 4 nitrogen and oxygen atoms in total. The Hall–Kier alpha value is -1.68. The van der Waals surface area contributed by atoms with Crippen LogP contribution in [0.2, 0.25) is 0 Å². The monoisotopic (exact) mass is 236 g/mol. The van der Waals surface area contributed by atoms with Gasteiger partial charge in [-0.15, -0.1) is 0 Å². The van der Waals surface area contributed by atoms with Gasteiger partial charge in [-0.25, -0.2) is 0 Å². The lowest BCUT2D eigenvalue weighted by Crippen LogP contribution is -2.15. The molecule has 0 aliphatic rings. The zero-order valence-electron chi connectivity index (χ0n) is 9.54. The van der Waals surface area contributed by atoms with Gasteiger partial charge < -0.3 is 14.6 Å². The number of hydrogen-bond donors (Lipinski definition) is 1. The zero-order chi connectivity index (χ0) is 12.5. The van der Waals surface area contributed by atoms with Crippen molar-refractivity contribution in [2.75, 3.05) is 6.61 Å². The molecule has 4 heteroatoms. The van der Waals surface area contributed by atoms with Crippen LogP contribution in [0.5, 0.6) is 0 Å². The molecule has 1 rings (SSSR count). The van der Waals surface area contributed by atoms with E-state index in [1.165, 1.54) is 0 Å². The lowest BCUT2D eigenvalue weighted by molar-refractivity contribution is -0.138. The second kappa shape index (κ2) is 7.57. The average molecular weight is 236 g/mol. The van der Waals surface area contributed by atoms with Gasteiger partial charge in [-0.05, 0) is 11.5 Å². The number of rotatable bonds is 8. The fraction of sp³-hybridized carbons (Fsp3) is 0.385. The Bertz CT molecular complexity index is 348. The molecule has 0 radical (unpaired) electrons. The molecule has 17 heavy (non-hydrogen) atoms. The number of benzene rings is 1. The molecule has 1 N–H and O–H groups in total. The number of carbonyl (C=O) groups excluding carboxylic acids is 1. The molecule has 1 unspecified atom stereocenters. The molecule has 0 saturated carbocycles. The van der Waals surface area contributed by atoms with E-state index in [0.717, 1.165) is 11.8 Å². The van der Waals surface area contributed by atoms with E-state index in [9.17, 15) is 9.59 Å². The van der Waals surface area contributed by atoms with Crippen LogP contribution in [-0.2, 0) is 20.9 Å². The third-order valence-corrected chi connectivity index (χ3v) is 2.36. The van der Waals surface area contributed by atoms with Gasteiger partial charge in [-0.2, -0.15) is 0 Å². The summed E-state index contributed by atoms with van der Waals surface area (Å²) in [6.45, 7) is 0.732. The summed E-state index contributed by atoms with van der Waals surface area (Å²) in [7, 11) is 0. The van der Waals surface area contributed by atoms with Crippen LogP contribution in [0.25, 0.3) is 0 Å². The number of ether oxygens (including phenoxy) is 1. The molecule has 0 aliphatic heterocycles. The lowest BCUT2D eigenvalue weighted by atomic mass is 10.0. The number of aldehydes is 1. The van der Waals surface area contributed by atoms with Crippen LogP contribution in [0.3, 0.4) is 0 Å². The summed E-state index contributed by atoms with van der Waals surface area (Å²) in [6, 6.07) is 9.62. The van der Waals surface area contributed by atoms with Gasteiger partial charge in [0.25, 0.3) is 0 Å². The molecule has 0 bridgehead atoms. The zero-order valence-corrected chi connectivity index (χ0v) is 9.54. The van der Waals surface area contributed by atoms with Crippen LogP contribution in [0, 0.1) is 5.92 Å². The number of carbonyl (C=O) groups is 2. The highest BCUT2D eigenvalue weighted by Gasteiger charge is 2.12. The van der Waals surface area contributed by atoms with Gasteiger partial charge in [-0.1, -0.05) is 30.3 Å². The second-order valence-corrected chi connectivity index (χ2v) is 3.87. The normalized spacial score (nSPS) is 12.0. The van der Waals surface area contributed by atoms with Crippen LogP contribution < -0.4 is 0 Å². The molecule has 1 atom stereocenters. The maximum absolute atomic E-state index is 10.5. The van der Waals surface area contributed by atoms with E-state index < -0.39 is 5.97 Å². The number of aliphatic carboxylic acids is 1. The van der Waals surface area contributed by atoms with E-state index in [1.807, 2.05) is 30.3 Å². The van der Waals surface area contributed by atoms with Gasteiger partial charge in [0.1, 0.15) is 6.29 Å². The molecule has 0 aromatic heterocycles. The summed E-state index contributed by atoms with van der Waals surface area (Å²) in [5, 5.41) is 8.66. The van der Waals surface area contributed by atoms with Crippen LogP contribution >= 0.6 is 0 Å². The highest BCUT2D eigenvalue weighted by atomic mass is 16.5. The first-order chi connectivity index (χ1) is 8.22. The van der Waals surface area contributed by atoms with E-state index in [2.05, 4.69) is 0 Å². The minimum Gasteiger partial charge on any atom is -0.481 e. The standard InChI is InChI=1S/C13H16O4/c14-7-6-12(8-13(15)16)10-17-9-11-4-2-1-3-5-11/h1-5,7,12H,6,8-10H2,(H,15,16). The summed E-state index contributed by atoms with van der Waals surface area (Å²) in [5.41, 5.74) is 1.03. The van der Waals surface area contributed by atoms with Crippen molar-refractivity contribution in [3.8, 4) is 0 Å². The quantitative estimate of drug-likeness (QED) is 0.700. The summed E-state index contributed by atoms with van der Waals surface area (Å²) >= 11 is 0. The SMILES string of the molecule is O=CCC(COCc1ccccc1)CC(=O)O. The molecule has 1 aromatic rings. The Kier molecular flexibility index (Phi) is 5.96. The van der Waals surface area contributed by atoms with Gasteiger partial charge in [0.2, 0.25) is 0 Å². The van der Waals surface area contributed by atoms with E-state index in [-0.39, 0.29) is 18.8 Å². The van der Waals surface area contributed by atoms with Crippen molar-refractivity contribution in [1.29, 1.82) is 0 Å². The van der Waals surface area contributed by atoms with Gasteiger partial charge in [0.05, 0.1) is 19.6 Å². The molecule has 1 aromatic carbocycles. The summed E-state index contributed by atoms with van der Waals surface area (Å²) in [4.78, 5) is 20.9. The van der Waals surface area contributed by atoms with E-state index >= 15 is 0 Å². The average Bonchev–Trinajstić information content (AvgIpc) is 2.30. The molecule has 0 heterocycles. The van der Waals surface area contributed by atoms with Gasteiger partial charge in [-0.3, -0.25) is 4.79 Å². The molecule has 0 fully saturated rings. The third kappa shape index (κ3) is 5.82. The summed E-state index contributed by atoms with van der Waals surface area (Å²) < 4.78 is 5.41. The van der Waals surface area contributed by atoms with E-state index in [1.54, 1.807) is 0 Å². The van der Waals surface area contributed by atoms with Crippen molar-refractivity contribution in [1.82, 2.24) is 0 Å². The Morgan fingerprint density at radius 1 is 1.35 bits per heavy atom. The predicted octanol–water partition coefficient (Wildman–Crippen LogP) is 1.88. The maximum atomic E-state index is 10.5. The van der Waals surface area contributed by atoms with Crippen LogP contribution in [0.15, 0.2) is 30.3 Å². The summed E-state index contributed by atoms with van der Waals surface area (Å²) in [6.07, 6.45) is 0.925.